The Balaban J connectivity index is 1.35. The molecular formula is C26H29FN4O. The highest BCUT2D eigenvalue weighted by Crippen LogP contribution is 2.24. The van der Waals surface area contributed by atoms with E-state index in [9.17, 15) is 9.18 Å². The lowest BCUT2D eigenvalue weighted by molar-refractivity contribution is -0.125. The van der Waals surface area contributed by atoms with Gasteiger partial charge in [-0.05, 0) is 68.5 Å². The molecule has 1 aromatic heterocycles. The average molecular weight is 433 g/mol. The summed E-state index contributed by atoms with van der Waals surface area (Å²) in [6, 6.07) is 18.5. The zero-order chi connectivity index (χ0) is 22.3. The number of hydrogen-bond donors (Lipinski definition) is 1. The third kappa shape index (κ3) is 5.69. The van der Waals surface area contributed by atoms with Gasteiger partial charge in [0.05, 0.1) is 5.92 Å². The number of benzene rings is 2. The highest BCUT2D eigenvalue weighted by atomic mass is 19.1. The second kappa shape index (κ2) is 10.4. The van der Waals surface area contributed by atoms with Crippen LogP contribution in [0.3, 0.4) is 0 Å². The minimum Gasteiger partial charge on any atom is -0.356 e. The number of amides is 1. The fourth-order valence-corrected chi connectivity index (χ4v) is 4.12. The van der Waals surface area contributed by atoms with E-state index in [1.54, 1.807) is 18.3 Å². The first-order valence-electron chi connectivity index (χ1n) is 11.3. The average Bonchev–Trinajstić information content (AvgIpc) is 2.84. The Hall–Kier alpha value is -3.28. The molecule has 5 nitrogen and oxygen atoms in total. The molecule has 1 saturated heterocycles. The minimum absolute atomic E-state index is 0.0628. The Morgan fingerprint density at radius 1 is 1.16 bits per heavy atom. The molecule has 0 spiro atoms. The smallest absolute Gasteiger partial charge is 0.225 e. The topological polar surface area (TPSA) is 58.1 Å². The molecule has 0 unspecified atom stereocenters. The summed E-state index contributed by atoms with van der Waals surface area (Å²) in [5, 5.41) is 3.20. The lowest BCUT2D eigenvalue weighted by atomic mass is 9.96. The van der Waals surface area contributed by atoms with Gasteiger partial charge < -0.3 is 10.2 Å². The van der Waals surface area contributed by atoms with Crippen LogP contribution in [0.1, 0.15) is 31.7 Å². The summed E-state index contributed by atoms with van der Waals surface area (Å²) >= 11 is 0. The molecule has 1 amide bonds. The first kappa shape index (κ1) is 21.9. The largest absolute Gasteiger partial charge is 0.356 e. The maximum Gasteiger partial charge on any atom is 0.225 e. The van der Waals surface area contributed by atoms with Crippen molar-refractivity contribution in [3.8, 4) is 11.4 Å². The van der Waals surface area contributed by atoms with Crippen molar-refractivity contribution < 1.29 is 9.18 Å². The number of nitrogens with zero attached hydrogens (tertiary/aromatic N) is 3. The molecule has 166 valence electrons. The first-order valence-corrected chi connectivity index (χ1v) is 11.3. The van der Waals surface area contributed by atoms with E-state index in [0.29, 0.717) is 12.4 Å². The lowest BCUT2D eigenvalue weighted by Gasteiger charge is -2.33. The molecule has 2 heterocycles. The molecule has 4 rings (SSSR count). The van der Waals surface area contributed by atoms with Crippen molar-refractivity contribution in [2.45, 2.75) is 38.6 Å². The molecule has 0 saturated carbocycles. The van der Waals surface area contributed by atoms with Gasteiger partial charge in [-0.1, -0.05) is 30.3 Å². The number of carbonyl (C=O) groups excluding carboxylic acids is 1. The normalized spacial score (nSPS) is 17.1. The van der Waals surface area contributed by atoms with Crippen LogP contribution in [-0.2, 0) is 11.2 Å². The predicted molar refractivity (Wildman–Crippen MR) is 125 cm³/mol. The molecule has 6 heteroatoms. The highest BCUT2D eigenvalue weighted by Gasteiger charge is 2.27. The van der Waals surface area contributed by atoms with Gasteiger partial charge in [0, 0.05) is 30.9 Å². The lowest BCUT2D eigenvalue weighted by Crippen LogP contribution is -2.45. The van der Waals surface area contributed by atoms with Crippen molar-refractivity contribution in [3.05, 3.63) is 78.2 Å². The Morgan fingerprint density at radius 3 is 2.72 bits per heavy atom. The molecule has 0 bridgehead atoms. The fraction of sp³-hybridized carbons (Fsp3) is 0.346. The molecule has 2 aromatic carbocycles. The van der Waals surface area contributed by atoms with Gasteiger partial charge in [0.2, 0.25) is 5.91 Å². The Labute approximate surface area is 188 Å². The highest BCUT2D eigenvalue weighted by molar-refractivity contribution is 5.79. The van der Waals surface area contributed by atoms with Gasteiger partial charge in [0.15, 0.2) is 5.82 Å². The maximum absolute atomic E-state index is 13.2. The van der Waals surface area contributed by atoms with Gasteiger partial charge in [0.25, 0.3) is 0 Å². The number of aromatic nitrogens is 2. The summed E-state index contributed by atoms with van der Waals surface area (Å²) < 4.78 is 13.2. The standard InChI is InChI=1S/C26H29FN4O/c1-19(9-10-20-6-3-2-4-7-20)29-26(32)22-8-5-17-31(18-22)24-15-16-28-25(30-24)21-11-13-23(27)14-12-21/h2-4,6-7,11-16,19,22H,5,8-10,17-18H2,1H3,(H,29,32)/t19-,22-/m0/s1. The van der Waals surface area contributed by atoms with Crippen LogP contribution in [0.5, 0.6) is 0 Å². The molecule has 0 aliphatic carbocycles. The Kier molecular flexibility index (Phi) is 7.10. The van der Waals surface area contributed by atoms with Crippen LogP contribution >= 0.6 is 0 Å². The van der Waals surface area contributed by atoms with Gasteiger partial charge in [-0.2, -0.15) is 0 Å². The van der Waals surface area contributed by atoms with E-state index in [0.717, 1.165) is 43.6 Å². The number of halogens is 1. The van der Waals surface area contributed by atoms with E-state index in [4.69, 9.17) is 0 Å². The predicted octanol–water partition coefficient (Wildman–Crippen LogP) is 4.64. The van der Waals surface area contributed by atoms with Crippen molar-refractivity contribution in [2.24, 2.45) is 5.92 Å². The maximum atomic E-state index is 13.2. The van der Waals surface area contributed by atoms with E-state index in [-0.39, 0.29) is 23.7 Å². The Bertz CT molecular complexity index is 1030. The molecule has 3 aromatic rings. The number of nitrogens with one attached hydrogen (secondary N) is 1. The van der Waals surface area contributed by atoms with E-state index < -0.39 is 0 Å². The Morgan fingerprint density at radius 2 is 1.94 bits per heavy atom. The summed E-state index contributed by atoms with van der Waals surface area (Å²) in [5.74, 6) is 1.13. The van der Waals surface area contributed by atoms with Gasteiger partial charge in [-0.15, -0.1) is 0 Å². The van der Waals surface area contributed by atoms with Crippen LogP contribution in [0, 0.1) is 11.7 Å². The summed E-state index contributed by atoms with van der Waals surface area (Å²) in [4.78, 5) is 24.1. The molecule has 0 radical (unpaired) electrons. The first-order chi connectivity index (χ1) is 15.6. The molecule has 2 atom stereocenters. The number of piperidine rings is 1. The van der Waals surface area contributed by atoms with E-state index in [2.05, 4.69) is 39.2 Å². The summed E-state index contributed by atoms with van der Waals surface area (Å²) in [6.07, 6.45) is 5.40. The zero-order valence-electron chi connectivity index (χ0n) is 18.4. The molecule has 1 aliphatic heterocycles. The second-order valence-corrected chi connectivity index (χ2v) is 8.46. The SMILES string of the molecule is C[C@@H](CCc1ccccc1)NC(=O)[C@H]1CCCN(c2ccnc(-c3ccc(F)cc3)n2)C1. The van der Waals surface area contributed by atoms with Crippen LogP contribution in [0.2, 0.25) is 0 Å². The summed E-state index contributed by atoms with van der Waals surface area (Å²) in [6.45, 7) is 3.56. The van der Waals surface area contributed by atoms with Crippen molar-refractivity contribution in [1.82, 2.24) is 15.3 Å². The number of rotatable bonds is 7. The zero-order valence-corrected chi connectivity index (χ0v) is 18.4. The number of aryl methyl sites for hydroxylation is 1. The van der Waals surface area contributed by atoms with Crippen LogP contribution < -0.4 is 10.2 Å². The number of carbonyl (C=O) groups is 1. The molecule has 1 fully saturated rings. The second-order valence-electron chi connectivity index (χ2n) is 8.46. The van der Waals surface area contributed by atoms with E-state index in [1.807, 2.05) is 24.3 Å². The third-order valence-corrected chi connectivity index (χ3v) is 5.96. The molecule has 32 heavy (non-hydrogen) atoms. The fourth-order valence-electron chi connectivity index (χ4n) is 4.12. The van der Waals surface area contributed by atoms with Crippen molar-refractivity contribution in [3.63, 3.8) is 0 Å². The molecule has 1 N–H and O–H groups in total. The van der Waals surface area contributed by atoms with Crippen molar-refractivity contribution in [2.75, 3.05) is 18.0 Å². The van der Waals surface area contributed by atoms with Crippen molar-refractivity contribution in [1.29, 1.82) is 0 Å². The summed E-state index contributed by atoms with van der Waals surface area (Å²) in [7, 11) is 0. The number of hydrogen-bond acceptors (Lipinski definition) is 4. The van der Waals surface area contributed by atoms with Crippen LogP contribution in [-0.4, -0.2) is 35.0 Å². The van der Waals surface area contributed by atoms with Crippen LogP contribution in [0.25, 0.3) is 11.4 Å². The van der Waals surface area contributed by atoms with Crippen LogP contribution in [0.15, 0.2) is 66.9 Å². The minimum atomic E-state index is -0.284. The van der Waals surface area contributed by atoms with Gasteiger partial charge in [-0.25, -0.2) is 14.4 Å². The van der Waals surface area contributed by atoms with E-state index in [1.165, 1.54) is 17.7 Å². The monoisotopic (exact) mass is 432 g/mol. The van der Waals surface area contributed by atoms with Gasteiger partial charge >= 0.3 is 0 Å². The molecular weight excluding hydrogens is 403 g/mol. The van der Waals surface area contributed by atoms with Crippen LogP contribution in [0.4, 0.5) is 10.2 Å². The quantitative estimate of drug-likeness (QED) is 0.591. The van der Waals surface area contributed by atoms with Crippen molar-refractivity contribution >= 4 is 11.7 Å². The van der Waals surface area contributed by atoms with E-state index >= 15 is 0 Å². The number of anilines is 1. The van der Waals surface area contributed by atoms with Gasteiger partial charge in [-0.3, -0.25) is 4.79 Å². The van der Waals surface area contributed by atoms with Gasteiger partial charge in [0.1, 0.15) is 11.6 Å². The summed E-state index contributed by atoms with van der Waals surface area (Å²) in [5.41, 5.74) is 2.06. The molecule has 1 aliphatic rings. The third-order valence-electron chi connectivity index (χ3n) is 5.96.